The first-order valence-electron chi connectivity index (χ1n) is 12.0. The molecule has 2 heterocycles. The van der Waals surface area contributed by atoms with Gasteiger partial charge >= 0.3 is 0 Å². The van der Waals surface area contributed by atoms with Crippen LogP contribution in [0.3, 0.4) is 0 Å². The standard InChI is InChI=1S/C24H36N6O2/c1-3-25-24(27-19-11-14-23-28-22(17-31-2)29-30(23)16-19)26-15-18-9-12-21(13-10-18)32-20-7-5-4-6-8-20/h9-10,12-13,19-20H,3-8,11,14-17H2,1-2H3,(H2,25,26,27). The van der Waals surface area contributed by atoms with Crippen LogP contribution >= 0.6 is 0 Å². The third-order valence-corrected chi connectivity index (χ3v) is 6.06. The van der Waals surface area contributed by atoms with Crippen LogP contribution in [0, 0.1) is 0 Å². The molecule has 0 radical (unpaired) electrons. The van der Waals surface area contributed by atoms with E-state index in [-0.39, 0.29) is 6.04 Å². The molecule has 174 valence electrons. The van der Waals surface area contributed by atoms with E-state index in [4.69, 9.17) is 14.5 Å². The number of benzene rings is 1. The Hall–Kier alpha value is -2.61. The van der Waals surface area contributed by atoms with Gasteiger partial charge in [0.2, 0.25) is 0 Å². The van der Waals surface area contributed by atoms with Gasteiger partial charge in [0.1, 0.15) is 18.2 Å². The summed E-state index contributed by atoms with van der Waals surface area (Å²) in [7, 11) is 1.67. The maximum absolute atomic E-state index is 6.14. The number of aryl methyl sites for hydroxylation is 1. The molecule has 4 rings (SSSR count). The fraction of sp³-hybridized carbons (Fsp3) is 0.625. The van der Waals surface area contributed by atoms with Gasteiger partial charge in [-0.15, -0.1) is 0 Å². The van der Waals surface area contributed by atoms with Crippen molar-refractivity contribution >= 4 is 5.96 Å². The normalized spacial score (nSPS) is 19.4. The average Bonchev–Trinajstić information content (AvgIpc) is 3.21. The highest BCUT2D eigenvalue weighted by molar-refractivity contribution is 5.80. The Bertz CT molecular complexity index is 873. The van der Waals surface area contributed by atoms with Crippen molar-refractivity contribution in [3.8, 4) is 5.75 Å². The highest BCUT2D eigenvalue weighted by atomic mass is 16.5. The lowest BCUT2D eigenvalue weighted by Crippen LogP contribution is -2.47. The number of hydrogen-bond acceptors (Lipinski definition) is 5. The number of aromatic nitrogens is 3. The number of rotatable bonds is 8. The molecular weight excluding hydrogens is 404 g/mol. The molecule has 1 fully saturated rings. The first-order valence-corrected chi connectivity index (χ1v) is 12.0. The largest absolute Gasteiger partial charge is 0.490 e. The molecule has 8 nitrogen and oxygen atoms in total. The van der Waals surface area contributed by atoms with Crippen molar-refractivity contribution in [3.63, 3.8) is 0 Å². The highest BCUT2D eigenvalue weighted by Gasteiger charge is 2.22. The van der Waals surface area contributed by atoms with Crippen LogP contribution in [0.1, 0.15) is 62.7 Å². The summed E-state index contributed by atoms with van der Waals surface area (Å²) in [5.74, 6) is 3.58. The first-order chi connectivity index (χ1) is 15.7. The predicted octanol–water partition coefficient (Wildman–Crippen LogP) is 3.21. The van der Waals surface area contributed by atoms with E-state index < -0.39 is 0 Å². The number of nitrogens with zero attached hydrogens (tertiary/aromatic N) is 4. The Morgan fingerprint density at radius 3 is 2.72 bits per heavy atom. The lowest BCUT2D eigenvalue weighted by molar-refractivity contribution is 0.155. The van der Waals surface area contributed by atoms with Gasteiger partial charge in [-0.05, 0) is 56.7 Å². The van der Waals surface area contributed by atoms with E-state index in [0.717, 1.165) is 49.3 Å². The monoisotopic (exact) mass is 440 g/mol. The van der Waals surface area contributed by atoms with E-state index in [2.05, 4.69) is 51.9 Å². The Kier molecular flexibility index (Phi) is 7.98. The Balaban J connectivity index is 1.31. The molecule has 2 aromatic rings. The second-order valence-corrected chi connectivity index (χ2v) is 8.66. The number of guanidine groups is 1. The van der Waals surface area contributed by atoms with E-state index in [1.54, 1.807) is 7.11 Å². The van der Waals surface area contributed by atoms with E-state index in [1.165, 1.54) is 37.7 Å². The predicted molar refractivity (Wildman–Crippen MR) is 125 cm³/mol. The summed E-state index contributed by atoms with van der Waals surface area (Å²) in [5, 5.41) is 11.5. The number of fused-ring (bicyclic) bond motifs is 1. The van der Waals surface area contributed by atoms with Gasteiger partial charge in [0.05, 0.1) is 19.2 Å². The van der Waals surface area contributed by atoms with E-state index in [0.29, 0.717) is 19.3 Å². The number of nitrogens with one attached hydrogen (secondary N) is 2. The third kappa shape index (κ3) is 6.22. The van der Waals surface area contributed by atoms with Gasteiger partial charge in [0.15, 0.2) is 11.8 Å². The highest BCUT2D eigenvalue weighted by Crippen LogP contribution is 2.23. The topological polar surface area (TPSA) is 85.6 Å². The van der Waals surface area contributed by atoms with Crippen molar-refractivity contribution < 1.29 is 9.47 Å². The zero-order valence-corrected chi connectivity index (χ0v) is 19.3. The average molecular weight is 441 g/mol. The maximum atomic E-state index is 6.14. The summed E-state index contributed by atoms with van der Waals surface area (Å²) in [6, 6.07) is 8.65. The molecule has 0 amide bonds. The summed E-state index contributed by atoms with van der Waals surface area (Å²) < 4.78 is 13.3. The number of hydrogen-bond donors (Lipinski definition) is 2. The second-order valence-electron chi connectivity index (χ2n) is 8.66. The number of ether oxygens (including phenoxy) is 2. The number of methoxy groups -OCH3 is 1. The van der Waals surface area contributed by atoms with Crippen molar-refractivity contribution in [2.45, 2.75) is 83.7 Å². The van der Waals surface area contributed by atoms with Gasteiger partial charge in [-0.1, -0.05) is 18.6 Å². The quantitative estimate of drug-likeness (QED) is 0.484. The fourth-order valence-electron chi connectivity index (χ4n) is 4.40. The molecule has 0 saturated heterocycles. The lowest BCUT2D eigenvalue weighted by Gasteiger charge is -2.25. The van der Waals surface area contributed by atoms with Crippen molar-refractivity contribution in [1.29, 1.82) is 0 Å². The van der Waals surface area contributed by atoms with E-state index in [1.807, 2.05) is 4.68 Å². The Morgan fingerprint density at radius 1 is 1.16 bits per heavy atom. The van der Waals surface area contributed by atoms with Gasteiger partial charge in [-0.25, -0.2) is 14.7 Å². The molecule has 0 spiro atoms. The van der Waals surface area contributed by atoms with Crippen LogP contribution < -0.4 is 15.4 Å². The van der Waals surface area contributed by atoms with Crippen molar-refractivity contribution in [3.05, 3.63) is 41.5 Å². The molecular formula is C24H36N6O2. The van der Waals surface area contributed by atoms with Crippen LogP contribution in [0.5, 0.6) is 5.75 Å². The van der Waals surface area contributed by atoms with Gasteiger partial charge in [0.25, 0.3) is 0 Å². The molecule has 1 saturated carbocycles. The summed E-state index contributed by atoms with van der Waals surface area (Å²) in [6.07, 6.45) is 8.54. The van der Waals surface area contributed by atoms with Gasteiger partial charge in [-0.3, -0.25) is 0 Å². The maximum Gasteiger partial charge on any atom is 0.191 e. The van der Waals surface area contributed by atoms with Crippen LogP contribution in [0.15, 0.2) is 29.3 Å². The number of aliphatic imine (C=N–C) groups is 1. The molecule has 1 aromatic carbocycles. The van der Waals surface area contributed by atoms with E-state index >= 15 is 0 Å². The molecule has 0 bridgehead atoms. The molecule has 1 atom stereocenters. The second kappa shape index (κ2) is 11.3. The molecule has 1 aliphatic carbocycles. The lowest BCUT2D eigenvalue weighted by atomic mass is 9.98. The zero-order valence-electron chi connectivity index (χ0n) is 19.3. The van der Waals surface area contributed by atoms with Gasteiger partial charge < -0.3 is 20.1 Å². The molecule has 1 aromatic heterocycles. The molecule has 1 unspecified atom stereocenters. The van der Waals surface area contributed by atoms with Gasteiger partial charge in [-0.2, -0.15) is 5.10 Å². The molecule has 1 aliphatic heterocycles. The molecule has 2 aliphatic rings. The first kappa shape index (κ1) is 22.6. The van der Waals surface area contributed by atoms with Crippen molar-refractivity contribution in [2.75, 3.05) is 13.7 Å². The SMILES string of the molecule is CCNC(=NCc1ccc(OC2CCCCC2)cc1)NC1CCc2nc(COC)nn2C1. The van der Waals surface area contributed by atoms with Crippen LogP contribution in [-0.4, -0.2) is 46.5 Å². The zero-order chi connectivity index (χ0) is 22.2. The Labute approximate surface area is 190 Å². The third-order valence-electron chi connectivity index (χ3n) is 6.06. The van der Waals surface area contributed by atoms with Crippen molar-refractivity contribution in [1.82, 2.24) is 25.4 Å². The minimum Gasteiger partial charge on any atom is -0.490 e. The summed E-state index contributed by atoms with van der Waals surface area (Å²) in [5.41, 5.74) is 1.17. The Morgan fingerprint density at radius 2 is 1.97 bits per heavy atom. The van der Waals surface area contributed by atoms with Crippen molar-refractivity contribution in [2.24, 2.45) is 4.99 Å². The van der Waals surface area contributed by atoms with Crippen LogP contribution in [0.25, 0.3) is 0 Å². The molecule has 8 heteroatoms. The molecule has 32 heavy (non-hydrogen) atoms. The summed E-state index contributed by atoms with van der Waals surface area (Å²) in [6.45, 7) is 4.76. The van der Waals surface area contributed by atoms with E-state index in [9.17, 15) is 0 Å². The van der Waals surface area contributed by atoms with Crippen LogP contribution in [0.4, 0.5) is 0 Å². The van der Waals surface area contributed by atoms with Crippen LogP contribution in [0.2, 0.25) is 0 Å². The molecule has 2 N–H and O–H groups in total. The fourth-order valence-corrected chi connectivity index (χ4v) is 4.40. The minimum atomic E-state index is 0.267. The summed E-state index contributed by atoms with van der Waals surface area (Å²) >= 11 is 0. The summed E-state index contributed by atoms with van der Waals surface area (Å²) in [4.78, 5) is 9.36. The smallest absolute Gasteiger partial charge is 0.191 e. The minimum absolute atomic E-state index is 0.267. The van der Waals surface area contributed by atoms with Gasteiger partial charge in [0, 0.05) is 26.1 Å². The van der Waals surface area contributed by atoms with Crippen LogP contribution in [-0.2, 0) is 30.9 Å².